The Morgan fingerprint density at radius 3 is 2.06 bits per heavy atom. The summed E-state index contributed by atoms with van der Waals surface area (Å²) in [5.74, 6) is 2.03. The number of anilines is 4. The largest absolute Gasteiger partial charge is 0.507 e. The maximum Gasteiger partial charge on any atom is 0.250 e. The minimum atomic E-state index is 0.195. The van der Waals surface area contributed by atoms with Crippen molar-refractivity contribution in [2.24, 2.45) is 5.10 Å². The molecule has 9 nitrogen and oxygen atoms in total. The molecular formula is C22H32N8O. The van der Waals surface area contributed by atoms with Crippen LogP contribution in [0.25, 0.3) is 0 Å². The van der Waals surface area contributed by atoms with E-state index in [1.807, 2.05) is 12.1 Å². The van der Waals surface area contributed by atoms with Crippen LogP contribution in [0, 0.1) is 0 Å². The molecule has 2 aromatic rings. The number of hydrogen-bond donors (Lipinski definition) is 2. The van der Waals surface area contributed by atoms with Crippen LogP contribution in [0.3, 0.4) is 0 Å². The lowest BCUT2D eigenvalue weighted by molar-refractivity contribution is 0.474. The number of rotatable bonds is 8. The molecule has 0 unspecified atom stereocenters. The van der Waals surface area contributed by atoms with E-state index in [1.165, 1.54) is 0 Å². The van der Waals surface area contributed by atoms with Crippen molar-refractivity contribution >= 4 is 29.7 Å². The van der Waals surface area contributed by atoms with Gasteiger partial charge >= 0.3 is 0 Å². The zero-order valence-corrected chi connectivity index (χ0v) is 18.5. The summed E-state index contributed by atoms with van der Waals surface area (Å²) >= 11 is 0. The molecule has 4 rings (SSSR count). The van der Waals surface area contributed by atoms with Crippen molar-refractivity contribution < 1.29 is 5.11 Å². The first-order chi connectivity index (χ1) is 15.2. The highest BCUT2D eigenvalue weighted by Crippen LogP contribution is 2.25. The molecule has 0 radical (unpaired) electrons. The van der Waals surface area contributed by atoms with Crippen molar-refractivity contribution in [1.29, 1.82) is 0 Å². The van der Waals surface area contributed by atoms with E-state index in [2.05, 4.69) is 49.0 Å². The molecule has 1 aromatic heterocycles. The van der Waals surface area contributed by atoms with Crippen LogP contribution in [0.5, 0.6) is 5.75 Å². The monoisotopic (exact) mass is 424 g/mol. The smallest absolute Gasteiger partial charge is 0.250 e. The van der Waals surface area contributed by atoms with Crippen LogP contribution in [0.2, 0.25) is 0 Å². The van der Waals surface area contributed by atoms with E-state index in [4.69, 9.17) is 4.98 Å². The van der Waals surface area contributed by atoms with Gasteiger partial charge in [-0.15, -0.1) is 0 Å². The summed E-state index contributed by atoms with van der Waals surface area (Å²) in [5, 5.41) is 14.7. The quantitative estimate of drug-likeness (QED) is 0.493. The molecule has 166 valence electrons. The lowest BCUT2D eigenvalue weighted by atomic mass is 10.2. The molecule has 31 heavy (non-hydrogen) atoms. The second-order valence-corrected chi connectivity index (χ2v) is 7.93. The lowest BCUT2D eigenvalue weighted by Gasteiger charge is -2.21. The summed E-state index contributed by atoms with van der Waals surface area (Å²) in [5.41, 5.74) is 4.57. The van der Waals surface area contributed by atoms with Crippen molar-refractivity contribution in [3.05, 3.63) is 23.8 Å². The Bertz CT molecular complexity index is 868. The van der Waals surface area contributed by atoms with Gasteiger partial charge in [0.2, 0.25) is 17.8 Å². The molecule has 0 amide bonds. The van der Waals surface area contributed by atoms with E-state index in [9.17, 15) is 5.11 Å². The van der Waals surface area contributed by atoms with Gasteiger partial charge in [0.1, 0.15) is 5.75 Å². The van der Waals surface area contributed by atoms with Gasteiger partial charge in [-0.25, -0.2) is 5.43 Å². The van der Waals surface area contributed by atoms with Gasteiger partial charge in [0, 0.05) is 56.6 Å². The predicted molar refractivity (Wildman–Crippen MR) is 126 cm³/mol. The molecule has 9 heteroatoms. The van der Waals surface area contributed by atoms with Crippen LogP contribution in [-0.4, -0.2) is 65.5 Å². The fourth-order valence-corrected chi connectivity index (χ4v) is 4.11. The number of hydrogen-bond acceptors (Lipinski definition) is 9. The lowest BCUT2D eigenvalue weighted by Crippen LogP contribution is -2.25. The Hall–Kier alpha value is -3.10. The summed E-state index contributed by atoms with van der Waals surface area (Å²) in [6.07, 6.45) is 6.24. The van der Waals surface area contributed by atoms with E-state index in [1.54, 1.807) is 12.3 Å². The molecule has 0 saturated carbocycles. The number of benzene rings is 1. The average Bonchev–Trinajstić information content (AvgIpc) is 3.50. The van der Waals surface area contributed by atoms with Crippen LogP contribution in [0.15, 0.2) is 23.3 Å². The van der Waals surface area contributed by atoms with Gasteiger partial charge in [-0.05, 0) is 51.7 Å². The molecule has 0 atom stereocenters. The first-order valence-corrected chi connectivity index (χ1v) is 11.3. The second-order valence-electron chi connectivity index (χ2n) is 7.93. The number of nitrogens with zero attached hydrogens (tertiary/aromatic N) is 7. The maximum atomic E-state index is 10.4. The Labute approximate surface area is 183 Å². The first-order valence-electron chi connectivity index (χ1n) is 11.3. The maximum absolute atomic E-state index is 10.4. The van der Waals surface area contributed by atoms with E-state index < -0.39 is 0 Å². The van der Waals surface area contributed by atoms with Gasteiger partial charge in [0.25, 0.3) is 0 Å². The molecule has 2 saturated heterocycles. The molecular weight excluding hydrogens is 392 g/mol. The minimum absolute atomic E-state index is 0.195. The van der Waals surface area contributed by atoms with Crippen LogP contribution in [0.4, 0.5) is 23.5 Å². The van der Waals surface area contributed by atoms with Crippen molar-refractivity contribution in [3.63, 3.8) is 0 Å². The Morgan fingerprint density at radius 2 is 1.55 bits per heavy atom. The fourth-order valence-electron chi connectivity index (χ4n) is 4.11. The molecule has 1 aromatic carbocycles. The predicted octanol–water partition coefficient (Wildman–Crippen LogP) is 3.07. The zero-order valence-electron chi connectivity index (χ0n) is 18.5. The number of phenolic OH excluding ortho intramolecular Hbond substituents is 1. The molecule has 0 bridgehead atoms. The third-order valence-electron chi connectivity index (χ3n) is 5.90. The summed E-state index contributed by atoms with van der Waals surface area (Å²) in [6, 6.07) is 5.63. The standard InChI is InChI=1S/C22H32N8O/c1-3-28(4-2)18-10-9-17(19(31)15-18)16-23-27-20-24-21(29-11-5-6-12-29)26-22(25-20)30-13-7-8-14-30/h9-10,15-16,31H,3-8,11-14H2,1-2H3,(H,24,25,26,27). The molecule has 2 aliphatic rings. The number of phenols is 1. The molecule has 0 spiro atoms. The van der Waals surface area contributed by atoms with Crippen LogP contribution < -0.4 is 20.1 Å². The normalized spacial score (nSPS) is 16.5. The van der Waals surface area contributed by atoms with Crippen molar-refractivity contribution in [2.45, 2.75) is 39.5 Å². The number of nitrogens with one attached hydrogen (secondary N) is 1. The average molecular weight is 425 g/mol. The van der Waals surface area contributed by atoms with Gasteiger partial charge in [0.05, 0.1) is 6.21 Å². The third kappa shape index (κ3) is 4.98. The minimum Gasteiger partial charge on any atom is -0.507 e. The van der Waals surface area contributed by atoms with Gasteiger partial charge in [0.15, 0.2) is 0 Å². The fraction of sp³-hybridized carbons (Fsp3) is 0.545. The van der Waals surface area contributed by atoms with Gasteiger partial charge in [-0.1, -0.05) is 0 Å². The zero-order chi connectivity index (χ0) is 21.6. The SMILES string of the molecule is CCN(CC)c1ccc(C=NNc2nc(N3CCCC3)nc(N3CCCC3)n2)c(O)c1. The molecule has 2 aliphatic heterocycles. The summed E-state index contributed by atoms with van der Waals surface area (Å²) in [7, 11) is 0. The van der Waals surface area contributed by atoms with Crippen molar-refractivity contribution in [3.8, 4) is 5.75 Å². The van der Waals surface area contributed by atoms with E-state index in [-0.39, 0.29) is 5.75 Å². The first kappa shape index (κ1) is 21.1. The second kappa shape index (κ2) is 9.80. The van der Waals surface area contributed by atoms with Gasteiger partial charge < -0.3 is 19.8 Å². The number of aromatic hydroxyl groups is 1. The molecule has 0 aliphatic carbocycles. The summed E-state index contributed by atoms with van der Waals surface area (Å²) < 4.78 is 0. The van der Waals surface area contributed by atoms with Gasteiger partial charge in [-0.3, -0.25) is 0 Å². The summed E-state index contributed by atoms with van der Waals surface area (Å²) in [6.45, 7) is 9.87. The molecule has 2 fully saturated rings. The van der Waals surface area contributed by atoms with Crippen molar-refractivity contribution in [1.82, 2.24) is 15.0 Å². The van der Waals surface area contributed by atoms with Crippen molar-refractivity contribution in [2.75, 3.05) is 59.4 Å². The molecule has 2 N–H and O–H groups in total. The topological polar surface area (TPSA) is 93.0 Å². The van der Waals surface area contributed by atoms with Crippen LogP contribution >= 0.6 is 0 Å². The highest BCUT2D eigenvalue weighted by atomic mass is 16.3. The Balaban J connectivity index is 1.51. The number of hydrazone groups is 1. The summed E-state index contributed by atoms with van der Waals surface area (Å²) in [4.78, 5) is 20.5. The van der Waals surface area contributed by atoms with E-state index >= 15 is 0 Å². The number of aromatic nitrogens is 3. The highest BCUT2D eigenvalue weighted by Gasteiger charge is 2.21. The van der Waals surface area contributed by atoms with Crippen LogP contribution in [0.1, 0.15) is 45.1 Å². The molecule has 3 heterocycles. The Kier molecular flexibility index (Phi) is 6.69. The highest BCUT2D eigenvalue weighted by molar-refractivity contribution is 5.84. The van der Waals surface area contributed by atoms with E-state index in [0.29, 0.717) is 23.4 Å². The van der Waals surface area contributed by atoms with E-state index in [0.717, 1.165) is 70.6 Å². The van der Waals surface area contributed by atoms with Gasteiger partial charge in [-0.2, -0.15) is 20.1 Å². The third-order valence-corrected chi connectivity index (χ3v) is 5.90. The van der Waals surface area contributed by atoms with Crippen LogP contribution in [-0.2, 0) is 0 Å². The Morgan fingerprint density at radius 1 is 0.968 bits per heavy atom.